The normalized spacial score (nSPS) is 10.0. The molecular weight excluding hydrogens is 251 g/mol. The number of hydrogen-bond acceptors (Lipinski definition) is 1. The quantitative estimate of drug-likeness (QED) is 0.641. The van der Waals surface area contributed by atoms with E-state index in [0.717, 1.165) is 10.8 Å². The van der Waals surface area contributed by atoms with Gasteiger partial charge in [0.05, 0.1) is 0 Å². The van der Waals surface area contributed by atoms with Crippen molar-refractivity contribution in [3.8, 4) is 5.75 Å². The van der Waals surface area contributed by atoms with Gasteiger partial charge in [-0.25, -0.2) is 0 Å². The molecule has 0 amide bonds. The maximum Gasteiger partial charge on any atom is 0.115 e. The monoisotopic (exact) mass is 262 g/mol. The fraction of sp³-hybridized carbons (Fsp3) is 0.333. The number of rotatable bonds is 2. The van der Waals surface area contributed by atoms with Crippen molar-refractivity contribution in [1.29, 1.82) is 0 Å². The van der Waals surface area contributed by atoms with Gasteiger partial charge in [0.25, 0.3) is 0 Å². The fourth-order valence-corrected chi connectivity index (χ4v) is 1.82. The standard InChI is InChI=1S/C9H11IO/c1-2-7-5-9(11)4-3-8(7)6-10/h3-5,11H,2,6H2,1H3. The summed E-state index contributed by atoms with van der Waals surface area (Å²) in [5, 5.41) is 9.16. The van der Waals surface area contributed by atoms with Crippen LogP contribution in [0.15, 0.2) is 18.2 Å². The lowest BCUT2D eigenvalue weighted by atomic mass is 10.1. The van der Waals surface area contributed by atoms with Gasteiger partial charge in [0.15, 0.2) is 0 Å². The van der Waals surface area contributed by atoms with Gasteiger partial charge in [0.2, 0.25) is 0 Å². The third-order valence-electron chi connectivity index (χ3n) is 1.71. The Labute approximate surface area is 80.6 Å². The molecule has 1 N–H and O–H groups in total. The highest BCUT2D eigenvalue weighted by Gasteiger charge is 1.99. The van der Waals surface area contributed by atoms with Gasteiger partial charge in [-0.3, -0.25) is 0 Å². The molecule has 0 heterocycles. The van der Waals surface area contributed by atoms with Crippen LogP contribution in [0.4, 0.5) is 0 Å². The molecular formula is C9H11IO. The highest BCUT2D eigenvalue weighted by Crippen LogP contribution is 2.19. The maximum absolute atomic E-state index is 9.16. The molecule has 0 saturated heterocycles. The minimum absolute atomic E-state index is 0.371. The van der Waals surface area contributed by atoms with Gasteiger partial charge in [-0.1, -0.05) is 35.6 Å². The highest BCUT2D eigenvalue weighted by atomic mass is 127. The predicted octanol–water partition coefficient (Wildman–Crippen LogP) is 2.89. The summed E-state index contributed by atoms with van der Waals surface area (Å²) < 4.78 is 1.02. The van der Waals surface area contributed by atoms with Crippen molar-refractivity contribution in [2.45, 2.75) is 17.8 Å². The number of halogens is 1. The first kappa shape index (κ1) is 8.84. The zero-order chi connectivity index (χ0) is 8.27. The second-order valence-corrected chi connectivity index (χ2v) is 3.20. The van der Waals surface area contributed by atoms with Crippen LogP contribution in [0.25, 0.3) is 0 Å². The fourth-order valence-electron chi connectivity index (χ4n) is 1.07. The average Bonchev–Trinajstić information content (AvgIpc) is 2.04. The van der Waals surface area contributed by atoms with Crippen LogP contribution >= 0.6 is 22.6 Å². The average molecular weight is 262 g/mol. The molecule has 2 heteroatoms. The summed E-state index contributed by atoms with van der Waals surface area (Å²) >= 11 is 2.33. The van der Waals surface area contributed by atoms with E-state index >= 15 is 0 Å². The SMILES string of the molecule is CCc1cc(O)ccc1CI. The van der Waals surface area contributed by atoms with Gasteiger partial charge in [-0.15, -0.1) is 0 Å². The molecule has 1 aromatic rings. The first-order valence-electron chi connectivity index (χ1n) is 3.64. The minimum atomic E-state index is 0.371. The Balaban J connectivity index is 3.06. The van der Waals surface area contributed by atoms with Crippen LogP contribution in [-0.4, -0.2) is 5.11 Å². The van der Waals surface area contributed by atoms with E-state index in [0.29, 0.717) is 5.75 Å². The Morgan fingerprint density at radius 1 is 1.36 bits per heavy atom. The number of alkyl halides is 1. The Bertz CT molecular complexity index is 245. The zero-order valence-corrected chi connectivity index (χ0v) is 8.63. The van der Waals surface area contributed by atoms with Crippen molar-refractivity contribution in [2.24, 2.45) is 0 Å². The molecule has 0 unspecified atom stereocenters. The summed E-state index contributed by atoms with van der Waals surface area (Å²) in [5.41, 5.74) is 2.57. The van der Waals surface area contributed by atoms with Crippen LogP contribution in [0.3, 0.4) is 0 Å². The molecule has 1 aromatic carbocycles. The van der Waals surface area contributed by atoms with E-state index in [4.69, 9.17) is 5.11 Å². The predicted molar refractivity (Wildman–Crippen MR) is 55.2 cm³/mol. The van der Waals surface area contributed by atoms with Crippen molar-refractivity contribution in [1.82, 2.24) is 0 Å². The molecule has 0 aliphatic heterocycles. The second-order valence-electron chi connectivity index (χ2n) is 2.44. The molecule has 1 rings (SSSR count). The number of phenolic OH excluding ortho intramolecular Hbond substituents is 1. The van der Waals surface area contributed by atoms with Crippen molar-refractivity contribution in [2.75, 3.05) is 0 Å². The van der Waals surface area contributed by atoms with Gasteiger partial charge in [-0.2, -0.15) is 0 Å². The minimum Gasteiger partial charge on any atom is -0.508 e. The van der Waals surface area contributed by atoms with Crippen LogP contribution in [0.5, 0.6) is 5.75 Å². The lowest BCUT2D eigenvalue weighted by molar-refractivity contribution is 0.474. The Hall–Kier alpha value is -0.250. The maximum atomic E-state index is 9.16. The molecule has 0 saturated carbocycles. The molecule has 0 aliphatic carbocycles. The van der Waals surface area contributed by atoms with E-state index in [1.807, 2.05) is 12.1 Å². The van der Waals surface area contributed by atoms with E-state index in [-0.39, 0.29) is 0 Å². The van der Waals surface area contributed by atoms with Crippen LogP contribution < -0.4 is 0 Å². The summed E-state index contributed by atoms with van der Waals surface area (Å²) in [6.45, 7) is 2.10. The Morgan fingerprint density at radius 3 is 2.64 bits per heavy atom. The third-order valence-corrected chi connectivity index (χ3v) is 2.54. The van der Waals surface area contributed by atoms with Crippen molar-refractivity contribution >= 4 is 22.6 Å². The smallest absolute Gasteiger partial charge is 0.115 e. The van der Waals surface area contributed by atoms with E-state index in [1.165, 1.54) is 11.1 Å². The molecule has 0 aliphatic rings. The molecule has 0 fully saturated rings. The van der Waals surface area contributed by atoms with Crippen molar-refractivity contribution in [3.05, 3.63) is 29.3 Å². The first-order valence-corrected chi connectivity index (χ1v) is 5.17. The molecule has 0 atom stereocenters. The Kier molecular flexibility index (Phi) is 3.17. The van der Waals surface area contributed by atoms with Crippen molar-refractivity contribution in [3.63, 3.8) is 0 Å². The van der Waals surface area contributed by atoms with E-state index in [1.54, 1.807) is 6.07 Å². The summed E-state index contributed by atoms with van der Waals surface area (Å²) in [6, 6.07) is 5.57. The summed E-state index contributed by atoms with van der Waals surface area (Å²) in [7, 11) is 0. The lowest BCUT2D eigenvalue weighted by Gasteiger charge is -2.03. The van der Waals surface area contributed by atoms with Crippen LogP contribution in [0.2, 0.25) is 0 Å². The van der Waals surface area contributed by atoms with Gasteiger partial charge >= 0.3 is 0 Å². The molecule has 11 heavy (non-hydrogen) atoms. The number of benzene rings is 1. The second kappa shape index (κ2) is 3.95. The van der Waals surface area contributed by atoms with E-state index in [2.05, 4.69) is 29.5 Å². The highest BCUT2D eigenvalue weighted by molar-refractivity contribution is 14.1. The Morgan fingerprint density at radius 2 is 2.09 bits per heavy atom. The van der Waals surface area contributed by atoms with Crippen molar-refractivity contribution < 1.29 is 5.11 Å². The number of hydrogen-bond donors (Lipinski definition) is 1. The van der Waals surface area contributed by atoms with Gasteiger partial charge in [-0.05, 0) is 29.7 Å². The summed E-state index contributed by atoms with van der Waals surface area (Å²) in [6.07, 6.45) is 0.993. The largest absolute Gasteiger partial charge is 0.508 e. The summed E-state index contributed by atoms with van der Waals surface area (Å²) in [4.78, 5) is 0. The van der Waals surface area contributed by atoms with E-state index < -0.39 is 0 Å². The van der Waals surface area contributed by atoms with Crippen LogP contribution in [-0.2, 0) is 10.8 Å². The van der Waals surface area contributed by atoms with Gasteiger partial charge in [0.1, 0.15) is 5.75 Å². The molecule has 0 bridgehead atoms. The lowest BCUT2D eigenvalue weighted by Crippen LogP contribution is -1.87. The molecule has 1 nitrogen and oxygen atoms in total. The van der Waals surface area contributed by atoms with E-state index in [9.17, 15) is 0 Å². The number of phenols is 1. The van der Waals surface area contributed by atoms with Gasteiger partial charge < -0.3 is 5.11 Å². The molecule has 0 spiro atoms. The first-order chi connectivity index (χ1) is 5.27. The van der Waals surface area contributed by atoms with Crippen LogP contribution in [0.1, 0.15) is 18.1 Å². The number of aryl methyl sites for hydroxylation is 1. The number of aromatic hydroxyl groups is 1. The molecule has 0 radical (unpaired) electrons. The zero-order valence-electron chi connectivity index (χ0n) is 6.47. The topological polar surface area (TPSA) is 20.2 Å². The molecule has 60 valence electrons. The van der Waals surface area contributed by atoms with Crippen LogP contribution in [0, 0.1) is 0 Å². The van der Waals surface area contributed by atoms with Gasteiger partial charge in [0, 0.05) is 4.43 Å². The molecule has 0 aromatic heterocycles. The third kappa shape index (κ3) is 2.09. The summed E-state index contributed by atoms with van der Waals surface area (Å²) in [5.74, 6) is 0.371.